The van der Waals surface area contributed by atoms with Crippen molar-refractivity contribution in [1.29, 1.82) is 0 Å². The molecule has 6 rings (SSSR count). The summed E-state index contributed by atoms with van der Waals surface area (Å²) in [5, 5.41) is 4.10. The van der Waals surface area contributed by atoms with Gasteiger partial charge in [-0.15, -0.1) is 0 Å². The Labute approximate surface area is 214 Å². The minimum absolute atomic E-state index is 0.0228. The summed E-state index contributed by atoms with van der Waals surface area (Å²) >= 11 is 0. The lowest BCUT2D eigenvalue weighted by atomic mass is 9.90. The molecule has 1 saturated carbocycles. The molecule has 1 unspecified atom stereocenters. The van der Waals surface area contributed by atoms with Crippen LogP contribution in [-0.4, -0.2) is 65.8 Å². The molecule has 1 aliphatic heterocycles. The number of hydrogen-bond acceptors (Lipinski definition) is 7. The topological polar surface area (TPSA) is 138 Å². The zero-order valence-electron chi connectivity index (χ0n) is 20.9. The second-order valence-electron chi connectivity index (χ2n) is 10.1. The van der Waals surface area contributed by atoms with Crippen molar-refractivity contribution in [3.05, 3.63) is 46.5 Å². The molecule has 2 aliphatic carbocycles. The summed E-state index contributed by atoms with van der Waals surface area (Å²) < 4.78 is 39.4. The molecule has 194 valence electrons. The highest BCUT2D eigenvalue weighted by Crippen LogP contribution is 2.42. The van der Waals surface area contributed by atoms with Gasteiger partial charge in [-0.05, 0) is 44.4 Å². The van der Waals surface area contributed by atoms with Crippen molar-refractivity contribution in [1.82, 2.24) is 14.0 Å². The molecule has 1 aromatic carbocycles. The Morgan fingerprint density at radius 1 is 1.19 bits per heavy atom. The maximum atomic E-state index is 13.7. The number of likely N-dealkylation sites (tertiary alicyclic amines) is 1. The number of carbonyl (C=O) groups excluding carboxylic acids is 2. The van der Waals surface area contributed by atoms with Gasteiger partial charge in [0.05, 0.1) is 34.0 Å². The van der Waals surface area contributed by atoms with Crippen LogP contribution in [0.1, 0.15) is 45.9 Å². The Balaban J connectivity index is 1.56. The smallest absolute Gasteiger partial charge is 0.250 e. The van der Waals surface area contributed by atoms with Crippen LogP contribution in [0.3, 0.4) is 0 Å². The average molecular weight is 525 g/mol. The zero-order valence-corrected chi connectivity index (χ0v) is 21.7. The van der Waals surface area contributed by atoms with Crippen molar-refractivity contribution in [2.24, 2.45) is 11.7 Å². The van der Waals surface area contributed by atoms with Crippen LogP contribution in [-0.2, 0) is 26.0 Å². The summed E-state index contributed by atoms with van der Waals surface area (Å²) in [6, 6.07) is 3.47. The second kappa shape index (κ2) is 8.29. The molecule has 37 heavy (non-hydrogen) atoms. The SMILES string of the molecule is COC1CN(C(=O)C2C=Cc3c(n(S(=O)(=O)C4CC4)c4c(C(N)=O)cc(-c5c(C)noc5C)cc34)C2)C1. The van der Waals surface area contributed by atoms with Gasteiger partial charge < -0.3 is 19.9 Å². The lowest BCUT2D eigenvalue weighted by Gasteiger charge is -2.40. The van der Waals surface area contributed by atoms with Gasteiger partial charge in [0.25, 0.3) is 5.91 Å². The summed E-state index contributed by atoms with van der Waals surface area (Å²) in [5.74, 6) is -0.732. The van der Waals surface area contributed by atoms with E-state index in [2.05, 4.69) is 5.16 Å². The van der Waals surface area contributed by atoms with Gasteiger partial charge in [-0.3, -0.25) is 9.59 Å². The molecule has 0 radical (unpaired) electrons. The number of hydrogen-bond donors (Lipinski definition) is 1. The van der Waals surface area contributed by atoms with E-state index in [1.165, 1.54) is 3.97 Å². The molecule has 0 spiro atoms. The molecule has 1 atom stereocenters. The molecule has 11 heteroatoms. The number of rotatable bonds is 6. The lowest BCUT2D eigenvalue weighted by molar-refractivity contribution is -0.145. The first-order valence-corrected chi connectivity index (χ1v) is 13.8. The van der Waals surface area contributed by atoms with Gasteiger partial charge in [0.15, 0.2) is 0 Å². The van der Waals surface area contributed by atoms with Crippen LogP contribution in [0.2, 0.25) is 0 Å². The van der Waals surface area contributed by atoms with Crippen LogP contribution in [0.15, 0.2) is 22.7 Å². The van der Waals surface area contributed by atoms with Crippen molar-refractivity contribution in [2.75, 3.05) is 20.2 Å². The van der Waals surface area contributed by atoms with Crippen molar-refractivity contribution >= 4 is 38.8 Å². The number of ether oxygens (including phenoxy) is 1. The van der Waals surface area contributed by atoms with Crippen LogP contribution in [0.4, 0.5) is 0 Å². The fourth-order valence-corrected chi connectivity index (χ4v) is 7.48. The fourth-order valence-electron chi connectivity index (χ4n) is 5.52. The Morgan fingerprint density at radius 2 is 1.92 bits per heavy atom. The average Bonchev–Trinajstić information content (AvgIpc) is 3.57. The van der Waals surface area contributed by atoms with Crippen molar-refractivity contribution in [2.45, 2.75) is 44.5 Å². The molecule has 3 heterocycles. The van der Waals surface area contributed by atoms with E-state index in [1.54, 1.807) is 38.0 Å². The highest BCUT2D eigenvalue weighted by molar-refractivity contribution is 7.91. The predicted molar refractivity (Wildman–Crippen MR) is 136 cm³/mol. The maximum absolute atomic E-state index is 13.7. The number of methoxy groups -OCH3 is 1. The number of aromatic nitrogens is 2. The standard InChI is InChI=1S/C26H28N4O6S/c1-13-23(14(2)36-28-13)16-8-20-19-7-4-15(26(32)29-11-17(12-29)35-3)10-22(19)30(37(33,34)18-5-6-18)24(20)21(9-16)25(27)31/h4,7-9,15,17-18H,5-6,10-12H2,1-3H3,(H2,27,31). The molecular weight excluding hydrogens is 496 g/mol. The Bertz CT molecular complexity index is 1590. The summed E-state index contributed by atoms with van der Waals surface area (Å²) in [5.41, 5.74) is 9.43. The number of aryl methyl sites for hydroxylation is 2. The first kappa shape index (κ1) is 23.9. The third kappa shape index (κ3) is 3.63. The van der Waals surface area contributed by atoms with Crippen LogP contribution in [0, 0.1) is 19.8 Å². The summed E-state index contributed by atoms with van der Waals surface area (Å²) in [6.07, 6.45) is 4.98. The van der Waals surface area contributed by atoms with E-state index in [4.69, 9.17) is 15.0 Å². The number of carbonyl (C=O) groups is 2. The molecule has 2 amide bonds. The number of nitrogens with two attached hydrogens (primary N) is 1. The van der Waals surface area contributed by atoms with Crippen molar-refractivity contribution < 1.29 is 27.3 Å². The number of amides is 2. The van der Waals surface area contributed by atoms with E-state index in [9.17, 15) is 18.0 Å². The minimum atomic E-state index is -3.80. The van der Waals surface area contributed by atoms with E-state index in [-0.39, 0.29) is 29.5 Å². The van der Waals surface area contributed by atoms with Gasteiger partial charge in [-0.25, -0.2) is 12.4 Å². The number of benzene rings is 1. The number of nitrogens with zero attached hydrogens (tertiary/aromatic N) is 3. The fraction of sp³-hybridized carbons (Fsp3) is 0.423. The van der Waals surface area contributed by atoms with E-state index in [1.807, 2.05) is 12.1 Å². The third-order valence-corrected chi connectivity index (χ3v) is 9.89. The van der Waals surface area contributed by atoms with E-state index >= 15 is 0 Å². The summed E-state index contributed by atoms with van der Waals surface area (Å²) in [4.78, 5) is 27.7. The van der Waals surface area contributed by atoms with E-state index in [0.717, 1.165) is 5.56 Å². The van der Waals surface area contributed by atoms with Crippen LogP contribution < -0.4 is 5.73 Å². The minimum Gasteiger partial charge on any atom is -0.378 e. The van der Waals surface area contributed by atoms with Crippen molar-refractivity contribution in [3.63, 3.8) is 0 Å². The summed E-state index contributed by atoms with van der Waals surface area (Å²) in [6.45, 7) is 4.62. The monoisotopic (exact) mass is 524 g/mol. The maximum Gasteiger partial charge on any atom is 0.250 e. The third-order valence-electron chi connectivity index (χ3n) is 7.67. The normalized spacial score (nSPS) is 19.8. The highest BCUT2D eigenvalue weighted by atomic mass is 32.2. The molecule has 2 N–H and O–H groups in total. The lowest BCUT2D eigenvalue weighted by Crippen LogP contribution is -2.56. The van der Waals surface area contributed by atoms with Crippen LogP contribution >= 0.6 is 0 Å². The van der Waals surface area contributed by atoms with Gasteiger partial charge in [0, 0.05) is 48.8 Å². The number of fused-ring (bicyclic) bond motifs is 3. The molecule has 3 aromatic rings. The second-order valence-corrected chi connectivity index (χ2v) is 12.2. The predicted octanol–water partition coefficient (Wildman–Crippen LogP) is 2.40. The van der Waals surface area contributed by atoms with E-state index in [0.29, 0.717) is 59.6 Å². The van der Waals surface area contributed by atoms with Gasteiger partial charge in [0.1, 0.15) is 5.76 Å². The molecule has 3 aliphatic rings. The largest absolute Gasteiger partial charge is 0.378 e. The molecule has 10 nitrogen and oxygen atoms in total. The zero-order chi connectivity index (χ0) is 26.2. The highest BCUT2D eigenvalue weighted by Gasteiger charge is 2.42. The first-order valence-electron chi connectivity index (χ1n) is 12.3. The molecule has 2 fully saturated rings. The van der Waals surface area contributed by atoms with Gasteiger partial charge in [-0.2, -0.15) is 0 Å². The Kier molecular flexibility index (Phi) is 5.36. The Hall–Kier alpha value is -3.44. The molecule has 0 bridgehead atoms. The quantitative estimate of drug-likeness (QED) is 0.523. The first-order chi connectivity index (χ1) is 17.6. The van der Waals surface area contributed by atoms with Crippen molar-refractivity contribution in [3.8, 4) is 11.1 Å². The van der Waals surface area contributed by atoms with Crippen LogP contribution in [0.25, 0.3) is 28.1 Å². The summed E-state index contributed by atoms with van der Waals surface area (Å²) in [7, 11) is -2.19. The number of primary amides is 1. The molecule has 2 aromatic heterocycles. The van der Waals surface area contributed by atoms with Gasteiger partial charge >= 0.3 is 0 Å². The van der Waals surface area contributed by atoms with Crippen LogP contribution in [0.5, 0.6) is 0 Å². The molecular formula is C26H28N4O6S. The van der Waals surface area contributed by atoms with Gasteiger partial charge in [-0.1, -0.05) is 17.3 Å². The van der Waals surface area contributed by atoms with E-state index < -0.39 is 27.1 Å². The Morgan fingerprint density at radius 3 is 2.51 bits per heavy atom. The molecule has 1 saturated heterocycles. The van der Waals surface area contributed by atoms with Gasteiger partial charge in [0.2, 0.25) is 15.9 Å².